The Balaban J connectivity index is 1.38. The molecule has 0 unspecified atom stereocenters. The molecule has 0 amide bonds. The number of hydrogen-bond acceptors (Lipinski definition) is 5. The van der Waals surface area contributed by atoms with E-state index in [1.165, 1.54) is 0 Å². The number of anilines is 2. The summed E-state index contributed by atoms with van der Waals surface area (Å²) in [6, 6.07) is 46.0. The molecule has 5 nitrogen and oxygen atoms in total. The Kier molecular flexibility index (Phi) is 5.14. The van der Waals surface area contributed by atoms with Gasteiger partial charge in [0.2, 0.25) is 0 Å². The number of nitrogens with zero attached hydrogens (tertiary/aromatic N) is 3. The lowest BCUT2D eigenvalue weighted by Crippen LogP contribution is -2.28. The molecule has 0 radical (unpaired) electrons. The average molecular weight is 592 g/mol. The van der Waals surface area contributed by atoms with Gasteiger partial charge in [0.25, 0.3) is 5.95 Å². The fraction of sp³-hybridized carbons (Fsp3) is 0.0244. The second-order valence-electron chi connectivity index (χ2n) is 11.9. The number of furan rings is 1. The smallest absolute Gasteiger partial charge is 0.265 e. The van der Waals surface area contributed by atoms with Crippen LogP contribution in [0.4, 0.5) is 11.6 Å². The fourth-order valence-corrected chi connectivity index (χ4v) is 7.07. The summed E-state index contributed by atoms with van der Waals surface area (Å²) in [6.07, 6.45) is 0. The standard InChI is InChI=1S/C41H25N3O2/c1-24-12-2-5-15-27(24)38-30-18-8-10-20-33(30)42-41(43-38)44-39-36(32-22-25-13-3-4-14-26(25)23-35(32)46-44)28-16-6-7-17-29(28)40-37(39)31-19-9-11-21-34(31)45-40/h2-23H,1H3. The zero-order valence-electron chi connectivity index (χ0n) is 24.9. The largest absolute Gasteiger partial charge is 0.455 e. The lowest BCUT2D eigenvalue weighted by atomic mass is 9.90. The van der Waals surface area contributed by atoms with Crippen LogP contribution in [0, 0.1) is 6.92 Å². The number of aromatic nitrogens is 2. The number of fused-ring (bicyclic) bond motifs is 12. The summed E-state index contributed by atoms with van der Waals surface area (Å²) < 4.78 is 6.63. The van der Waals surface area contributed by atoms with E-state index in [2.05, 4.69) is 110 Å². The van der Waals surface area contributed by atoms with Crippen molar-refractivity contribution in [3.05, 3.63) is 139 Å². The van der Waals surface area contributed by atoms with Gasteiger partial charge in [-0.2, -0.15) is 0 Å². The van der Waals surface area contributed by atoms with E-state index < -0.39 is 0 Å². The maximum atomic E-state index is 6.96. The van der Waals surface area contributed by atoms with Crippen LogP contribution in [-0.4, -0.2) is 9.97 Å². The normalized spacial score (nSPS) is 12.6. The lowest BCUT2D eigenvalue weighted by Gasteiger charge is -2.32. The van der Waals surface area contributed by atoms with Gasteiger partial charge in [0.05, 0.1) is 16.6 Å². The highest BCUT2D eigenvalue weighted by molar-refractivity contribution is 6.27. The maximum absolute atomic E-state index is 6.96. The topological polar surface area (TPSA) is 51.4 Å². The summed E-state index contributed by atoms with van der Waals surface area (Å²) in [5, 5.41) is 9.17. The molecule has 0 saturated carbocycles. The van der Waals surface area contributed by atoms with Crippen LogP contribution >= 0.6 is 0 Å². The molecule has 0 bridgehead atoms. The van der Waals surface area contributed by atoms with Crippen molar-refractivity contribution < 1.29 is 9.25 Å². The van der Waals surface area contributed by atoms with Gasteiger partial charge in [-0.15, -0.1) is 5.06 Å². The van der Waals surface area contributed by atoms with Gasteiger partial charge < -0.3 is 9.25 Å². The Bertz CT molecular complexity index is 2710. The summed E-state index contributed by atoms with van der Waals surface area (Å²) in [7, 11) is 0. The van der Waals surface area contributed by atoms with Crippen molar-refractivity contribution in [2.24, 2.45) is 0 Å². The van der Waals surface area contributed by atoms with E-state index in [-0.39, 0.29) is 0 Å². The Morgan fingerprint density at radius 2 is 1.26 bits per heavy atom. The molecule has 46 heavy (non-hydrogen) atoms. The Morgan fingerprint density at radius 3 is 2.11 bits per heavy atom. The summed E-state index contributed by atoms with van der Waals surface area (Å²) in [5.41, 5.74) is 8.49. The number of hydrogen-bond donors (Lipinski definition) is 0. The lowest BCUT2D eigenvalue weighted by molar-refractivity contribution is 0.316. The summed E-state index contributed by atoms with van der Waals surface area (Å²) in [6.45, 7) is 2.12. The number of para-hydroxylation sites is 2. The van der Waals surface area contributed by atoms with Gasteiger partial charge in [-0.25, -0.2) is 9.97 Å². The first-order valence-corrected chi connectivity index (χ1v) is 15.4. The molecule has 10 rings (SSSR count). The van der Waals surface area contributed by atoms with E-state index in [1.54, 1.807) is 0 Å². The monoisotopic (exact) mass is 591 g/mol. The van der Waals surface area contributed by atoms with Gasteiger partial charge in [-0.3, -0.25) is 0 Å². The summed E-state index contributed by atoms with van der Waals surface area (Å²) in [5.74, 6) is 1.21. The molecule has 3 heterocycles. The number of benzene rings is 7. The van der Waals surface area contributed by atoms with Gasteiger partial charge in [0.1, 0.15) is 16.9 Å². The first-order valence-electron chi connectivity index (χ1n) is 15.4. The second-order valence-corrected chi connectivity index (χ2v) is 11.9. The molecule has 1 aliphatic heterocycles. The van der Waals surface area contributed by atoms with Crippen LogP contribution in [0.3, 0.4) is 0 Å². The minimum atomic E-state index is 0.457. The first-order chi connectivity index (χ1) is 22.7. The third kappa shape index (κ3) is 3.51. The van der Waals surface area contributed by atoms with Crippen molar-refractivity contribution in [3.8, 4) is 28.1 Å². The van der Waals surface area contributed by atoms with Crippen molar-refractivity contribution in [3.63, 3.8) is 0 Å². The maximum Gasteiger partial charge on any atom is 0.265 e. The Labute approximate surface area is 263 Å². The van der Waals surface area contributed by atoms with Crippen LogP contribution in [0.15, 0.2) is 138 Å². The molecule has 0 fully saturated rings. The minimum absolute atomic E-state index is 0.457. The van der Waals surface area contributed by atoms with Crippen molar-refractivity contribution in [1.82, 2.24) is 9.97 Å². The van der Waals surface area contributed by atoms with Crippen LogP contribution in [0.5, 0.6) is 5.75 Å². The van der Waals surface area contributed by atoms with E-state index in [9.17, 15) is 0 Å². The highest BCUT2D eigenvalue weighted by Gasteiger charge is 2.34. The average Bonchev–Trinajstić information content (AvgIpc) is 3.50. The number of aryl methyl sites for hydroxylation is 1. The van der Waals surface area contributed by atoms with Crippen LogP contribution in [0.25, 0.3) is 76.8 Å². The molecule has 7 aromatic carbocycles. The van der Waals surface area contributed by atoms with Gasteiger partial charge in [-0.1, -0.05) is 109 Å². The Morgan fingerprint density at radius 1 is 0.587 bits per heavy atom. The highest BCUT2D eigenvalue weighted by Crippen LogP contribution is 2.54. The molecule has 0 aliphatic carbocycles. The molecular formula is C41H25N3O2. The zero-order valence-corrected chi connectivity index (χ0v) is 24.9. The third-order valence-corrected chi connectivity index (χ3v) is 9.19. The molecule has 216 valence electrons. The molecule has 1 aliphatic rings. The van der Waals surface area contributed by atoms with Gasteiger partial charge >= 0.3 is 0 Å². The van der Waals surface area contributed by atoms with Crippen molar-refractivity contribution >= 4 is 66.0 Å². The van der Waals surface area contributed by atoms with Gasteiger partial charge in [0.15, 0.2) is 5.75 Å². The predicted octanol–water partition coefficient (Wildman–Crippen LogP) is 10.9. The molecule has 0 spiro atoms. The fourth-order valence-electron chi connectivity index (χ4n) is 7.07. The second kappa shape index (κ2) is 9.40. The summed E-state index contributed by atoms with van der Waals surface area (Å²) in [4.78, 5) is 17.4. The first kappa shape index (κ1) is 25.2. The molecule has 9 aromatic rings. The Hall–Kier alpha value is -6.20. The van der Waals surface area contributed by atoms with E-state index in [0.29, 0.717) is 5.95 Å². The molecule has 5 heteroatoms. The van der Waals surface area contributed by atoms with Crippen LogP contribution in [0.1, 0.15) is 5.56 Å². The van der Waals surface area contributed by atoms with Crippen LogP contribution < -0.4 is 9.90 Å². The SMILES string of the molecule is Cc1ccccc1-c1nc(N2Oc3cc4ccccc4cc3-c3c2c2c4ccccc4oc2c2ccccc32)nc2ccccc12. The molecule has 2 aromatic heterocycles. The summed E-state index contributed by atoms with van der Waals surface area (Å²) >= 11 is 0. The van der Waals surface area contributed by atoms with Crippen molar-refractivity contribution in [2.45, 2.75) is 6.92 Å². The van der Waals surface area contributed by atoms with E-state index in [0.717, 1.165) is 93.8 Å². The van der Waals surface area contributed by atoms with E-state index in [1.807, 2.05) is 35.4 Å². The van der Waals surface area contributed by atoms with Crippen molar-refractivity contribution in [2.75, 3.05) is 5.06 Å². The molecule has 0 saturated heterocycles. The molecule has 0 atom stereocenters. The number of rotatable bonds is 2. The van der Waals surface area contributed by atoms with E-state index in [4.69, 9.17) is 19.2 Å². The minimum Gasteiger partial charge on any atom is -0.455 e. The molecular weight excluding hydrogens is 566 g/mol. The van der Waals surface area contributed by atoms with Crippen LogP contribution in [-0.2, 0) is 0 Å². The third-order valence-electron chi connectivity index (χ3n) is 9.19. The quantitative estimate of drug-likeness (QED) is 0.200. The van der Waals surface area contributed by atoms with Crippen molar-refractivity contribution in [1.29, 1.82) is 0 Å². The van der Waals surface area contributed by atoms with Crippen LogP contribution in [0.2, 0.25) is 0 Å². The van der Waals surface area contributed by atoms with Gasteiger partial charge in [-0.05, 0) is 52.9 Å². The van der Waals surface area contributed by atoms with E-state index >= 15 is 0 Å². The predicted molar refractivity (Wildman–Crippen MR) is 187 cm³/mol. The molecule has 0 N–H and O–H groups in total. The van der Waals surface area contributed by atoms with Gasteiger partial charge in [0, 0.05) is 32.8 Å². The highest BCUT2D eigenvalue weighted by atomic mass is 16.7. The zero-order chi connectivity index (χ0) is 30.4.